The molecule has 154 valence electrons. The normalized spacial score (nSPS) is 16.3. The summed E-state index contributed by atoms with van der Waals surface area (Å²) in [6, 6.07) is 0. The molecule has 0 aromatic carbocycles. The number of ether oxygens (including phenoxy) is 1. The van der Waals surface area contributed by atoms with Gasteiger partial charge in [0.05, 0.1) is 6.10 Å². The molecule has 0 aliphatic heterocycles. The topological polar surface area (TPSA) is 74.8 Å². The predicted octanol–water partition coefficient (Wildman–Crippen LogP) is 2.92. The van der Waals surface area contributed by atoms with Crippen LogP contribution in [0.4, 0.5) is 0 Å². The average molecular weight is 482 g/mol. The lowest BCUT2D eigenvalue weighted by Gasteiger charge is -2.21. The molecule has 7 heteroatoms. The van der Waals surface area contributed by atoms with E-state index in [1.165, 1.54) is 25.7 Å². The van der Waals surface area contributed by atoms with Crippen molar-refractivity contribution < 1.29 is 9.53 Å². The summed E-state index contributed by atoms with van der Waals surface area (Å²) in [6.07, 6.45) is 6.88. The third-order valence-corrected chi connectivity index (χ3v) is 4.76. The first kappa shape index (κ1) is 25.4. The SMILES string of the molecule is CCOC(CCNC(=NC)NCCNC(=O)CC1CCCC1)C(C)C.I. The van der Waals surface area contributed by atoms with E-state index >= 15 is 0 Å². The number of hydrogen-bond acceptors (Lipinski definition) is 3. The van der Waals surface area contributed by atoms with E-state index in [0.717, 1.165) is 25.5 Å². The zero-order valence-corrected chi connectivity index (χ0v) is 19.3. The molecule has 1 rings (SSSR count). The number of hydrogen-bond donors (Lipinski definition) is 3. The molecule has 1 fully saturated rings. The predicted molar refractivity (Wildman–Crippen MR) is 119 cm³/mol. The summed E-state index contributed by atoms with van der Waals surface area (Å²) in [6.45, 7) is 9.26. The quantitative estimate of drug-likeness (QED) is 0.183. The number of amides is 1. The van der Waals surface area contributed by atoms with Gasteiger partial charge in [-0.3, -0.25) is 9.79 Å². The van der Waals surface area contributed by atoms with Crippen LogP contribution < -0.4 is 16.0 Å². The molecule has 0 radical (unpaired) electrons. The number of halogens is 1. The van der Waals surface area contributed by atoms with E-state index in [2.05, 4.69) is 34.8 Å². The Morgan fingerprint density at radius 3 is 2.31 bits per heavy atom. The van der Waals surface area contributed by atoms with E-state index in [1.807, 2.05) is 6.92 Å². The van der Waals surface area contributed by atoms with Gasteiger partial charge in [0.25, 0.3) is 0 Å². The largest absolute Gasteiger partial charge is 0.378 e. The fourth-order valence-electron chi connectivity index (χ4n) is 3.31. The highest BCUT2D eigenvalue weighted by molar-refractivity contribution is 14.0. The van der Waals surface area contributed by atoms with Crippen molar-refractivity contribution in [2.24, 2.45) is 16.8 Å². The van der Waals surface area contributed by atoms with Crippen molar-refractivity contribution in [1.82, 2.24) is 16.0 Å². The van der Waals surface area contributed by atoms with E-state index in [0.29, 0.717) is 31.3 Å². The van der Waals surface area contributed by atoms with Crippen molar-refractivity contribution in [3.8, 4) is 0 Å². The molecule has 0 spiro atoms. The van der Waals surface area contributed by atoms with Gasteiger partial charge in [-0.15, -0.1) is 24.0 Å². The number of nitrogens with zero attached hydrogens (tertiary/aromatic N) is 1. The fourth-order valence-corrected chi connectivity index (χ4v) is 3.31. The van der Waals surface area contributed by atoms with Crippen LogP contribution in [-0.2, 0) is 9.53 Å². The third-order valence-electron chi connectivity index (χ3n) is 4.76. The maximum absolute atomic E-state index is 11.9. The van der Waals surface area contributed by atoms with Gasteiger partial charge in [0, 0.05) is 39.7 Å². The average Bonchev–Trinajstić information content (AvgIpc) is 3.08. The molecular weight excluding hydrogens is 443 g/mol. The van der Waals surface area contributed by atoms with Crippen LogP contribution in [0.5, 0.6) is 0 Å². The Labute approximate surface area is 176 Å². The zero-order valence-electron chi connectivity index (χ0n) is 17.0. The monoisotopic (exact) mass is 482 g/mol. The molecule has 1 aliphatic carbocycles. The number of guanidine groups is 1. The minimum atomic E-state index is 0. The molecule has 26 heavy (non-hydrogen) atoms. The standard InChI is InChI=1S/C19H38N4O2.HI/c1-5-25-17(15(2)3)10-11-22-19(20-4)23-13-12-21-18(24)14-16-8-6-7-9-16;/h15-17H,5-14H2,1-4H3,(H,21,24)(H2,20,22,23);1H. The molecule has 1 amide bonds. The summed E-state index contributed by atoms with van der Waals surface area (Å²) >= 11 is 0. The maximum Gasteiger partial charge on any atom is 0.220 e. The van der Waals surface area contributed by atoms with Gasteiger partial charge in [0.15, 0.2) is 5.96 Å². The Kier molecular flexibility index (Phi) is 15.1. The van der Waals surface area contributed by atoms with Crippen molar-refractivity contribution in [3.05, 3.63) is 0 Å². The highest BCUT2D eigenvalue weighted by Gasteiger charge is 2.18. The molecule has 1 atom stereocenters. The van der Waals surface area contributed by atoms with Crippen molar-refractivity contribution in [2.75, 3.05) is 33.3 Å². The van der Waals surface area contributed by atoms with Crippen LogP contribution in [0.3, 0.4) is 0 Å². The number of carbonyl (C=O) groups is 1. The van der Waals surface area contributed by atoms with Gasteiger partial charge in [-0.1, -0.05) is 26.7 Å². The number of nitrogens with one attached hydrogen (secondary N) is 3. The summed E-state index contributed by atoms with van der Waals surface area (Å²) < 4.78 is 5.75. The first-order valence-electron chi connectivity index (χ1n) is 9.89. The molecule has 0 heterocycles. The summed E-state index contributed by atoms with van der Waals surface area (Å²) in [5.74, 6) is 2.05. The van der Waals surface area contributed by atoms with E-state index in [4.69, 9.17) is 4.74 Å². The van der Waals surface area contributed by atoms with Gasteiger partial charge in [0.2, 0.25) is 5.91 Å². The smallest absolute Gasteiger partial charge is 0.220 e. The van der Waals surface area contributed by atoms with Crippen LogP contribution in [0.1, 0.15) is 59.3 Å². The summed E-state index contributed by atoms with van der Waals surface area (Å²) in [5.41, 5.74) is 0. The number of rotatable bonds is 11. The molecule has 0 aromatic heterocycles. The van der Waals surface area contributed by atoms with Crippen molar-refractivity contribution in [3.63, 3.8) is 0 Å². The van der Waals surface area contributed by atoms with Crippen molar-refractivity contribution in [1.29, 1.82) is 0 Å². The van der Waals surface area contributed by atoms with Crippen LogP contribution in [-0.4, -0.2) is 51.3 Å². The van der Waals surface area contributed by atoms with Crippen molar-refractivity contribution in [2.45, 2.75) is 65.4 Å². The van der Waals surface area contributed by atoms with Gasteiger partial charge in [-0.2, -0.15) is 0 Å². The molecule has 6 nitrogen and oxygen atoms in total. The fraction of sp³-hybridized carbons (Fsp3) is 0.895. The second-order valence-electron chi connectivity index (χ2n) is 7.16. The maximum atomic E-state index is 11.9. The van der Waals surface area contributed by atoms with Crippen LogP contribution in [0, 0.1) is 11.8 Å². The first-order chi connectivity index (χ1) is 12.1. The second kappa shape index (κ2) is 15.5. The van der Waals surface area contributed by atoms with E-state index < -0.39 is 0 Å². The van der Waals surface area contributed by atoms with E-state index in [-0.39, 0.29) is 36.0 Å². The van der Waals surface area contributed by atoms with E-state index in [1.54, 1.807) is 7.05 Å². The molecule has 3 N–H and O–H groups in total. The van der Waals surface area contributed by atoms with Crippen molar-refractivity contribution >= 4 is 35.8 Å². The first-order valence-corrected chi connectivity index (χ1v) is 9.89. The minimum Gasteiger partial charge on any atom is -0.378 e. The Morgan fingerprint density at radius 1 is 1.12 bits per heavy atom. The zero-order chi connectivity index (χ0) is 18.5. The summed E-state index contributed by atoms with van der Waals surface area (Å²) in [4.78, 5) is 16.1. The van der Waals surface area contributed by atoms with Gasteiger partial charge < -0.3 is 20.7 Å². The lowest BCUT2D eigenvalue weighted by molar-refractivity contribution is -0.121. The molecule has 0 aromatic rings. The lowest BCUT2D eigenvalue weighted by atomic mass is 10.0. The van der Waals surface area contributed by atoms with Crippen LogP contribution in [0.2, 0.25) is 0 Å². The highest BCUT2D eigenvalue weighted by Crippen LogP contribution is 2.27. The van der Waals surface area contributed by atoms with Gasteiger partial charge in [-0.25, -0.2) is 0 Å². The third kappa shape index (κ3) is 11.2. The molecule has 1 unspecified atom stereocenters. The number of aliphatic imine (C=N–C) groups is 1. The summed E-state index contributed by atoms with van der Waals surface area (Å²) in [7, 11) is 1.76. The van der Waals surface area contributed by atoms with E-state index in [9.17, 15) is 4.79 Å². The molecular formula is C19H39IN4O2. The minimum absolute atomic E-state index is 0. The summed E-state index contributed by atoms with van der Waals surface area (Å²) in [5, 5.41) is 9.53. The lowest BCUT2D eigenvalue weighted by Crippen LogP contribution is -2.42. The van der Waals surface area contributed by atoms with Gasteiger partial charge in [0.1, 0.15) is 0 Å². The Hall–Kier alpha value is -0.570. The molecule has 0 saturated heterocycles. The molecule has 1 aliphatic rings. The molecule has 0 bridgehead atoms. The van der Waals surface area contributed by atoms with Gasteiger partial charge in [-0.05, 0) is 38.0 Å². The van der Waals surface area contributed by atoms with Crippen LogP contribution >= 0.6 is 24.0 Å². The van der Waals surface area contributed by atoms with Crippen LogP contribution in [0.25, 0.3) is 0 Å². The Balaban J connectivity index is 0.00000625. The Morgan fingerprint density at radius 2 is 1.73 bits per heavy atom. The highest BCUT2D eigenvalue weighted by atomic mass is 127. The Bertz CT molecular complexity index is 399. The van der Waals surface area contributed by atoms with Crippen LogP contribution in [0.15, 0.2) is 4.99 Å². The van der Waals surface area contributed by atoms with Gasteiger partial charge >= 0.3 is 0 Å². The second-order valence-corrected chi connectivity index (χ2v) is 7.16. The molecule has 1 saturated carbocycles. The number of carbonyl (C=O) groups excluding carboxylic acids is 1.